The summed E-state index contributed by atoms with van der Waals surface area (Å²) in [6.45, 7) is 7.19. The summed E-state index contributed by atoms with van der Waals surface area (Å²) in [7, 11) is 0. The number of halogens is 1. The average Bonchev–Trinajstić information content (AvgIpc) is 1.99. The summed E-state index contributed by atoms with van der Waals surface area (Å²) in [4.78, 5) is 0. The Bertz CT molecular complexity index is 164. The van der Waals surface area contributed by atoms with Gasteiger partial charge in [0.15, 0.2) is 0 Å². The molecule has 10 heavy (non-hydrogen) atoms. The van der Waals surface area contributed by atoms with Gasteiger partial charge < -0.3 is 0 Å². The fraction of sp³-hybridized carbons (Fsp3) is 0.333. The Labute approximate surface area is 61.8 Å². The second-order valence-corrected chi connectivity index (χ2v) is 1.95. The molecule has 0 bridgehead atoms. The monoisotopic (exact) mass is 140 g/mol. The van der Waals surface area contributed by atoms with Crippen molar-refractivity contribution in [3.05, 3.63) is 36.2 Å². The molecule has 0 aromatic heterocycles. The molecule has 0 spiro atoms. The van der Waals surface area contributed by atoms with Crippen LogP contribution in [0.1, 0.15) is 20.3 Å². The lowest BCUT2D eigenvalue weighted by molar-refractivity contribution is 0.665. The van der Waals surface area contributed by atoms with Crippen molar-refractivity contribution in [2.24, 2.45) is 0 Å². The molecule has 0 rings (SSSR count). The van der Waals surface area contributed by atoms with Crippen molar-refractivity contribution in [1.29, 1.82) is 0 Å². The van der Waals surface area contributed by atoms with Crippen LogP contribution in [0.5, 0.6) is 0 Å². The lowest BCUT2D eigenvalue weighted by atomic mass is 10.2. The highest BCUT2D eigenvalue weighted by Crippen LogP contribution is 2.07. The van der Waals surface area contributed by atoms with Crippen LogP contribution in [-0.2, 0) is 0 Å². The summed E-state index contributed by atoms with van der Waals surface area (Å²) in [5.74, 6) is -0.269. The molecule has 0 heterocycles. The van der Waals surface area contributed by atoms with Gasteiger partial charge in [-0.2, -0.15) is 0 Å². The minimum Gasteiger partial charge on any atom is -0.207 e. The van der Waals surface area contributed by atoms with E-state index in [1.165, 1.54) is 12.2 Å². The van der Waals surface area contributed by atoms with Gasteiger partial charge >= 0.3 is 0 Å². The van der Waals surface area contributed by atoms with E-state index in [0.29, 0.717) is 0 Å². The summed E-state index contributed by atoms with van der Waals surface area (Å²) >= 11 is 0. The van der Waals surface area contributed by atoms with Gasteiger partial charge in [-0.25, -0.2) is 4.39 Å². The summed E-state index contributed by atoms with van der Waals surface area (Å²) in [6, 6.07) is 0. The zero-order valence-electron chi connectivity index (χ0n) is 6.52. The highest BCUT2D eigenvalue weighted by atomic mass is 19.1. The molecule has 0 unspecified atom stereocenters. The molecule has 0 radical (unpaired) electrons. The first-order valence-corrected chi connectivity index (χ1v) is 3.39. The van der Waals surface area contributed by atoms with Crippen molar-refractivity contribution in [2.75, 3.05) is 0 Å². The van der Waals surface area contributed by atoms with E-state index in [1.54, 1.807) is 0 Å². The van der Waals surface area contributed by atoms with Crippen LogP contribution < -0.4 is 0 Å². The molecule has 0 aliphatic carbocycles. The SMILES string of the molecule is C=C/C(F)=C\C(=C/C)CC. The summed E-state index contributed by atoms with van der Waals surface area (Å²) in [5, 5.41) is 0. The maximum absolute atomic E-state index is 12.5. The van der Waals surface area contributed by atoms with Crippen molar-refractivity contribution in [2.45, 2.75) is 20.3 Å². The normalized spacial score (nSPS) is 13.5. The summed E-state index contributed by atoms with van der Waals surface area (Å²) in [6.07, 6.45) is 5.45. The Hall–Kier alpha value is -0.850. The van der Waals surface area contributed by atoms with Gasteiger partial charge in [0.05, 0.1) is 0 Å². The Morgan fingerprint density at radius 2 is 2.20 bits per heavy atom. The van der Waals surface area contributed by atoms with Crippen LogP contribution >= 0.6 is 0 Å². The largest absolute Gasteiger partial charge is 0.207 e. The van der Waals surface area contributed by atoms with Crippen LogP contribution in [0, 0.1) is 0 Å². The molecule has 0 atom stereocenters. The predicted molar refractivity (Wildman–Crippen MR) is 43.4 cm³/mol. The first-order chi connectivity index (χ1) is 4.74. The van der Waals surface area contributed by atoms with Gasteiger partial charge in [-0.3, -0.25) is 0 Å². The average molecular weight is 140 g/mol. The molecule has 0 aliphatic rings. The van der Waals surface area contributed by atoms with Gasteiger partial charge in [0.2, 0.25) is 0 Å². The summed E-state index contributed by atoms with van der Waals surface area (Å²) in [5.41, 5.74) is 0.998. The molecule has 0 aromatic rings. The van der Waals surface area contributed by atoms with E-state index in [2.05, 4.69) is 6.58 Å². The van der Waals surface area contributed by atoms with Gasteiger partial charge in [-0.1, -0.05) is 19.6 Å². The van der Waals surface area contributed by atoms with Crippen molar-refractivity contribution in [3.63, 3.8) is 0 Å². The second kappa shape index (κ2) is 4.98. The molecule has 0 amide bonds. The van der Waals surface area contributed by atoms with Crippen LogP contribution in [0.4, 0.5) is 4.39 Å². The van der Waals surface area contributed by atoms with E-state index in [4.69, 9.17) is 0 Å². The minimum absolute atomic E-state index is 0.269. The molecular weight excluding hydrogens is 127 g/mol. The lowest BCUT2D eigenvalue weighted by Gasteiger charge is -1.93. The Morgan fingerprint density at radius 1 is 1.60 bits per heavy atom. The predicted octanol–water partition coefficient (Wildman–Crippen LogP) is 3.38. The van der Waals surface area contributed by atoms with Gasteiger partial charge in [-0.05, 0) is 31.1 Å². The third-order valence-corrected chi connectivity index (χ3v) is 1.30. The van der Waals surface area contributed by atoms with Crippen LogP contribution in [0.2, 0.25) is 0 Å². The quantitative estimate of drug-likeness (QED) is 0.527. The number of allylic oxidation sites excluding steroid dienone is 5. The van der Waals surface area contributed by atoms with Crippen molar-refractivity contribution in [3.8, 4) is 0 Å². The fourth-order valence-corrected chi connectivity index (χ4v) is 0.626. The molecule has 0 saturated heterocycles. The number of hydrogen-bond acceptors (Lipinski definition) is 0. The second-order valence-electron chi connectivity index (χ2n) is 1.95. The van der Waals surface area contributed by atoms with Crippen LogP contribution in [0.3, 0.4) is 0 Å². The molecule has 0 aliphatic heterocycles. The zero-order chi connectivity index (χ0) is 7.98. The topological polar surface area (TPSA) is 0 Å². The molecule has 0 nitrogen and oxygen atoms in total. The van der Waals surface area contributed by atoms with E-state index in [1.807, 2.05) is 19.9 Å². The Balaban J connectivity index is 4.22. The maximum Gasteiger partial charge on any atom is 0.122 e. The molecule has 1 heteroatoms. The van der Waals surface area contributed by atoms with E-state index >= 15 is 0 Å². The molecule has 56 valence electrons. The maximum atomic E-state index is 12.5. The van der Waals surface area contributed by atoms with Crippen LogP contribution in [0.25, 0.3) is 0 Å². The Kier molecular flexibility index (Phi) is 4.55. The summed E-state index contributed by atoms with van der Waals surface area (Å²) < 4.78 is 12.5. The lowest BCUT2D eigenvalue weighted by Crippen LogP contribution is -1.74. The third-order valence-electron chi connectivity index (χ3n) is 1.30. The van der Waals surface area contributed by atoms with E-state index < -0.39 is 0 Å². The van der Waals surface area contributed by atoms with Gasteiger partial charge in [-0.15, -0.1) is 0 Å². The van der Waals surface area contributed by atoms with Crippen LogP contribution in [-0.4, -0.2) is 0 Å². The van der Waals surface area contributed by atoms with E-state index in [0.717, 1.165) is 12.0 Å². The smallest absolute Gasteiger partial charge is 0.122 e. The Morgan fingerprint density at radius 3 is 2.50 bits per heavy atom. The van der Waals surface area contributed by atoms with Crippen molar-refractivity contribution >= 4 is 0 Å². The molecule has 0 N–H and O–H groups in total. The van der Waals surface area contributed by atoms with Gasteiger partial charge in [0.25, 0.3) is 0 Å². The molecular formula is C9H13F. The minimum atomic E-state index is -0.269. The fourth-order valence-electron chi connectivity index (χ4n) is 0.626. The van der Waals surface area contributed by atoms with Crippen molar-refractivity contribution in [1.82, 2.24) is 0 Å². The number of rotatable bonds is 3. The highest BCUT2D eigenvalue weighted by molar-refractivity contribution is 5.24. The van der Waals surface area contributed by atoms with Crippen molar-refractivity contribution < 1.29 is 4.39 Å². The first-order valence-electron chi connectivity index (χ1n) is 3.39. The standard InChI is InChI=1S/C9H13F/c1-4-8(5-2)7-9(10)6-3/h4,6-7H,3,5H2,1-2H3/b8-4-,9-7+. The van der Waals surface area contributed by atoms with Gasteiger partial charge in [0, 0.05) is 0 Å². The van der Waals surface area contributed by atoms with Crippen LogP contribution in [0.15, 0.2) is 36.2 Å². The highest BCUT2D eigenvalue weighted by Gasteiger charge is 1.88. The zero-order valence-corrected chi connectivity index (χ0v) is 6.52. The van der Waals surface area contributed by atoms with E-state index in [9.17, 15) is 4.39 Å². The molecule has 0 aromatic carbocycles. The van der Waals surface area contributed by atoms with Gasteiger partial charge in [0.1, 0.15) is 5.83 Å². The van der Waals surface area contributed by atoms with E-state index in [-0.39, 0.29) is 5.83 Å². The first kappa shape index (κ1) is 9.15. The number of hydrogen-bond donors (Lipinski definition) is 0. The molecule has 0 saturated carbocycles. The molecule has 0 fully saturated rings. The third kappa shape index (κ3) is 3.23.